The van der Waals surface area contributed by atoms with Crippen LogP contribution in [-0.2, 0) is 19.1 Å². The van der Waals surface area contributed by atoms with Gasteiger partial charge in [-0.2, -0.15) is 0 Å². The Labute approximate surface area is 203 Å². The fraction of sp³-hybridized carbons (Fsp3) is 0.400. The molecule has 35 heavy (non-hydrogen) atoms. The molecule has 1 aromatic heterocycles. The number of hydrogen-bond donors (Lipinski definition) is 2. The van der Waals surface area contributed by atoms with Crippen LogP contribution in [0.4, 0.5) is 4.79 Å². The Balaban J connectivity index is 1.60. The van der Waals surface area contributed by atoms with Gasteiger partial charge in [0.05, 0.1) is 31.1 Å². The molecule has 2 heterocycles. The monoisotopic (exact) mass is 486 g/mol. The van der Waals surface area contributed by atoms with Crippen LogP contribution in [0.25, 0.3) is 0 Å². The number of rotatable bonds is 12. The minimum atomic E-state index is -0.871. The maximum atomic E-state index is 12.7. The number of hydrogen-bond acceptors (Lipinski definition) is 8. The molecule has 0 spiro atoms. The van der Waals surface area contributed by atoms with Crippen LogP contribution in [-0.4, -0.2) is 44.4 Å². The molecule has 2 amide bonds. The van der Waals surface area contributed by atoms with Crippen molar-refractivity contribution < 1.29 is 37.7 Å². The number of para-hydroxylation sites is 2. The van der Waals surface area contributed by atoms with E-state index in [1.54, 1.807) is 32.0 Å². The fourth-order valence-electron chi connectivity index (χ4n) is 3.47. The van der Waals surface area contributed by atoms with Crippen LogP contribution in [0.3, 0.4) is 0 Å². The van der Waals surface area contributed by atoms with Crippen molar-refractivity contribution in [2.45, 2.75) is 39.7 Å². The lowest BCUT2D eigenvalue weighted by atomic mass is 10.0. The first kappa shape index (κ1) is 25.7. The van der Waals surface area contributed by atoms with E-state index < -0.39 is 24.0 Å². The van der Waals surface area contributed by atoms with E-state index in [-0.39, 0.29) is 37.5 Å². The summed E-state index contributed by atoms with van der Waals surface area (Å²) < 4.78 is 27.3. The van der Waals surface area contributed by atoms with Gasteiger partial charge in [-0.05, 0) is 51.5 Å². The van der Waals surface area contributed by atoms with Crippen molar-refractivity contribution >= 4 is 18.0 Å². The van der Waals surface area contributed by atoms with Crippen LogP contribution in [0.1, 0.15) is 44.3 Å². The quantitative estimate of drug-likeness (QED) is 0.345. The maximum Gasteiger partial charge on any atom is 0.338 e. The van der Waals surface area contributed by atoms with Crippen LogP contribution in [0.15, 0.2) is 52.1 Å². The number of urea groups is 1. The van der Waals surface area contributed by atoms with Crippen molar-refractivity contribution in [3.8, 4) is 11.5 Å². The average molecular weight is 487 g/mol. The Bertz CT molecular complexity index is 1070. The van der Waals surface area contributed by atoms with Gasteiger partial charge in [-0.3, -0.25) is 4.79 Å². The lowest BCUT2D eigenvalue weighted by molar-refractivity contribution is -0.144. The predicted octanol–water partition coefficient (Wildman–Crippen LogP) is 3.56. The van der Waals surface area contributed by atoms with Crippen LogP contribution in [0.2, 0.25) is 0 Å². The minimum absolute atomic E-state index is 0.0891. The topological polar surface area (TPSA) is 125 Å². The summed E-state index contributed by atoms with van der Waals surface area (Å²) in [7, 11) is 0. The number of furan rings is 1. The molecule has 188 valence electrons. The highest BCUT2D eigenvalue weighted by Crippen LogP contribution is 2.29. The molecule has 1 aliphatic heterocycles. The van der Waals surface area contributed by atoms with E-state index in [0.717, 1.165) is 0 Å². The molecule has 1 atom stereocenters. The van der Waals surface area contributed by atoms with Crippen molar-refractivity contribution in [3.05, 3.63) is 59.2 Å². The van der Waals surface area contributed by atoms with Crippen molar-refractivity contribution in [3.63, 3.8) is 0 Å². The third-order valence-electron chi connectivity index (χ3n) is 5.00. The number of carbonyl (C=O) groups is 3. The molecule has 10 heteroatoms. The molecule has 3 rings (SSSR count). The van der Waals surface area contributed by atoms with Gasteiger partial charge in [0, 0.05) is 6.42 Å². The number of ether oxygens (including phenoxy) is 4. The second kappa shape index (κ2) is 12.5. The Morgan fingerprint density at radius 1 is 1.00 bits per heavy atom. The zero-order valence-electron chi connectivity index (χ0n) is 20.1. The molecule has 1 unspecified atom stereocenters. The molecule has 0 fully saturated rings. The normalized spacial score (nSPS) is 15.2. The Hall–Kier alpha value is -3.95. The van der Waals surface area contributed by atoms with E-state index >= 15 is 0 Å². The van der Waals surface area contributed by atoms with Crippen LogP contribution < -0.4 is 20.1 Å². The SMILES string of the molecule is CCOC(=O)C1=C(COC(=O)CCCOc2ccccc2OCC)NC(=O)NC1c1ccc(C)o1. The van der Waals surface area contributed by atoms with Gasteiger partial charge < -0.3 is 34.0 Å². The van der Waals surface area contributed by atoms with Gasteiger partial charge in [0.15, 0.2) is 11.5 Å². The molecule has 0 radical (unpaired) electrons. The van der Waals surface area contributed by atoms with Crippen LogP contribution >= 0.6 is 0 Å². The highest BCUT2D eigenvalue weighted by molar-refractivity contribution is 5.95. The molecule has 1 aliphatic rings. The Morgan fingerprint density at radius 3 is 2.40 bits per heavy atom. The third-order valence-corrected chi connectivity index (χ3v) is 5.00. The van der Waals surface area contributed by atoms with Gasteiger partial charge in [-0.15, -0.1) is 0 Å². The van der Waals surface area contributed by atoms with Gasteiger partial charge in [0.25, 0.3) is 0 Å². The molecular weight excluding hydrogens is 456 g/mol. The van der Waals surface area contributed by atoms with E-state index in [9.17, 15) is 14.4 Å². The second-order valence-electron chi connectivity index (χ2n) is 7.59. The largest absolute Gasteiger partial charge is 0.490 e. The first-order valence-corrected chi connectivity index (χ1v) is 11.5. The highest BCUT2D eigenvalue weighted by atomic mass is 16.5. The predicted molar refractivity (Wildman–Crippen MR) is 125 cm³/mol. The number of carbonyl (C=O) groups excluding carboxylic acids is 3. The molecule has 2 N–H and O–H groups in total. The molecule has 0 saturated carbocycles. The summed E-state index contributed by atoms with van der Waals surface area (Å²) in [5.74, 6) is 1.08. The second-order valence-corrected chi connectivity index (χ2v) is 7.59. The molecule has 2 aromatic rings. The first-order valence-electron chi connectivity index (χ1n) is 11.5. The summed E-state index contributed by atoms with van der Waals surface area (Å²) in [4.78, 5) is 37.2. The summed E-state index contributed by atoms with van der Waals surface area (Å²) in [6.45, 7) is 5.96. The standard InChI is InChI=1S/C25H30N2O8/c1-4-31-18-9-6-7-10-19(18)33-14-8-11-21(28)34-15-17-22(24(29)32-5-2)23(27-25(30)26-17)20-13-12-16(3)35-20/h6-7,9-10,12-13,23H,4-5,8,11,14-15H2,1-3H3,(H2,26,27,30). The molecule has 0 saturated heterocycles. The van der Waals surface area contributed by atoms with Crippen LogP contribution in [0, 0.1) is 6.92 Å². The number of esters is 2. The van der Waals surface area contributed by atoms with E-state index in [0.29, 0.717) is 36.0 Å². The summed E-state index contributed by atoms with van der Waals surface area (Å²) >= 11 is 0. The molecule has 1 aromatic carbocycles. The van der Waals surface area contributed by atoms with Crippen molar-refractivity contribution in [1.29, 1.82) is 0 Å². The zero-order valence-corrected chi connectivity index (χ0v) is 20.1. The minimum Gasteiger partial charge on any atom is -0.490 e. The summed E-state index contributed by atoms with van der Waals surface area (Å²) in [5, 5.41) is 5.20. The number of aryl methyl sites for hydroxylation is 1. The van der Waals surface area contributed by atoms with Crippen molar-refractivity contribution in [1.82, 2.24) is 10.6 Å². The fourth-order valence-corrected chi connectivity index (χ4v) is 3.47. The number of nitrogens with one attached hydrogen (secondary N) is 2. The van der Waals surface area contributed by atoms with E-state index in [1.165, 1.54) is 0 Å². The zero-order chi connectivity index (χ0) is 25.2. The average Bonchev–Trinajstić information content (AvgIpc) is 3.27. The van der Waals surface area contributed by atoms with Gasteiger partial charge in [0.2, 0.25) is 0 Å². The molecule has 10 nitrogen and oxygen atoms in total. The van der Waals surface area contributed by atoms with Crippen molar-refractivity contribution in [2.75, 3.05) is 26.4 Å². The van der Waals surface area contributed by atoms with Gasteiger partial charge in [-0.1, -0.05) is 12.1 Å². The summed E-state index contributed by atoms with van der Waals surface area (Å²) in [6.07, 6.45) is 0.497. The maximum absolute atomic E-state index is 12.7. The smallest absolute Gasteiger partial charge is 0.338 e. The highest BCUT2D eigenvalue weighted by Gasteiger charge is 2.36. The van der Waals surface area contributed by atoms with Gasteiger partial charge >= 0.3 is 18.0 Å². The lowest BCUT2D eigenvalue weighted by Gasteiger charge is -2.27. The number of amides is 2. The molecule has 0 bridgehead atoms. The summed E-state index contributed by atoms with van der Waals surface area (Å²) in [6, 6.07) is 9.26. The summed E-state index contributed by atoms with van der Waals surface area (Å²) in [5.41, 5.74) is 0.256. The lowest BCUT2D eigenvalue weighted by Crippen LogP contribution is -2.47. The van der Waals surface area contributed by atoms with Crippen LogP contribution in [0.5, 0.6) is 11.5 Å². The Morgan fingerprint density at radius 2 is 1.74 bits per heavy atom. The van der Waals surface area contributed by atoms with E-state index in [1.807, 2.05) is 25.1 Å². The first-order chi connectivity index (χ1) is 16.9. The van der Waals surface area contributed by atoms with Gasteiger partial charge in [-0.25, -0.2) is 9.59 Å². The molecule has 0 aliphatic carbocycles. The molecular formula is C25H30N2O8. The number of benzene rings is 1. The Kier molecular flexibility index (Phi) is 9.16. The van der Waals surface area contributed by atoms with E-state index in [4.69, 9.17) is 23.4 Å². The van der Waals surface area contributed by atoms with Crippen molar-refractivity contribution in [2.24, 2.45) is 0 Å². The van der Waals surface area contributed by atoms with E-state index in [2.05, 4.69) is 10.6 Å². The third kappa shape index (κ3) is 7.02. The van der Waals surface area contributed by atoms with Gasteiger partial charge in [0.1, 0.15) is 24.2 Å².